The van der Waals surface area contributed by atoms with Crippen LogP contribution >= 0.6 is 0 Å². The second-order valence-corrected chi connectivity index (χ2v) is 2.37. The Morgan fingerprint density at radius 3 is 3.08 bits per heavy atom. The van der Waals surface area contributed by atoms with Crippen LogP contribution in [0.1, 0.15) is 5.69 Å². The molecule has 4 heteroatoms. The second kappa shape index (κ2) is 3.13. The highest BCUT2D eigenvalue weighted by Crippen LogP contribution is 1.95. The third kappa shape index (κ3) is 1.47. The van der Waals surface area contributed by atoms with E-state index in [0.717, 1.165) is 5.69 Å². The molecule has 2 aromatic rings. The quantitative estimate of drug-likeness (QED) is 0.641. The second-order valence-electron chi connectivity index (χ2n) is 2.37. The fourth-order valence-electron chi connectivity index (χ4n) is 0.936. The van der Waals surface area contributed by atoms with Crippen LogP contribution in [0.4, 0.5) is 0 Å². The summed E-state index contributed by atoms with van der Waals surface area (Å²) >= 11 is 0. The van der Waals surface area contributed by atoms with E-state index in [-0.39, 0.29) is 0 Å². The lowest BCUT2D eigenvalue weighted by atomic mass is 10.3. The van der Waals surface area contributed by atoms with Crippen molar-refractivity contribution in [1.29, 1.82) is 0 Å². The standard InChI is InChI=1S/C8H7N4/c1-2-4-9-8(3-1)7-12-6-5-10-11-12/h1-4,6H,7H2. The van der Waals surface area contributed by atoms with Crippen LogP contribution in [0.3, 0.4) is 0 Å². The smallest absolute Gasteiger partial charge is 0.134 e. The van der Waals surface area contributed by atoms with Crippen molar-refractivity contribution >= 4 is 0 Å². The average Bonchev–Trinajstić information content (AvgIpc) is 2.59. The van der Waals surface area contributed by atoms with Crippen molar-refractivity contribution in [2.24, 2.45) is 0 Å². The fourth-order valence-corrected chi connectivity index (χ4v) is 0.936. The summed E-state index contributed by atoms with van der Waals surface area (Å²) in [4.78, 5) is 4.15. The third-order valence-corrected chi connectivity index (χ3v) is 1.47. The number of pyridine rings is 1. The molecular formula is C8H7N4. The number of rotatable bonds is 2. The monoisotopic (exact) mass is 159 g/mol. The van der Waals surface area contributed by atoms with Gasteiger partial charge in [0.2, 0.25) is 0 Å². The lowest BCUT2D eigenvalue weighted by molar-refractivity contribution is 0.638. The van der Waals surface area contributed by atoms with Crippen LogP contribution in [-0.2, 0) is 6.54 Å². The fraction of sp³-hybridized carbons (Fsp3) is 0.125. The Hall–Kier alpha value is -1.71. The van der Waals surface area contributed by atoms with Crippen LogP contribution in [0.5, 0.6) is 0 Å². The summed E-state index contributed by atoms with van der Waals surface area (Å²) in [6.45, 7) is 0.650. The van der Waals surface area contributed by atoms with Gasteiger partial charge in [-0.3, -0.25) is 4.98 Å². The number of hydrogen-bond acceptors (Lipinski definition) is 3. The van der Waals surface area contributed by atoms with Crippen molar-refractivity contribution in [2.45, 2.75) is 6.54 Å². The lowest BCUT2D eigenvalue weighted by Gasteiger charge is -1.97. The number of aromatic nitrogens is 4. The van der Waals surface area contributed by atoms with Crippen LogP contribution in [0, 0.1) is 6.20 Å². The van der Waals surface area contributed by atoms with Gasteiger partial charge in [-0.15, -0.1) is 5.10 Å². The molecule has 0 aliphatic heterocycles. The van der Waals surface area contributed by atoms with Crippen molar-refractivity contribution in [1.82, 2.24) is 20.0 Å². The van der Waals surface area contributed by atoms with Crippen molar-refractivity contribution in [3.8, 4) is 0 Å². The SMILES string of the molecule is [c]1cn(Cc2ccccn2)nn1. The molecule has 12 heavy (non-hydrogen) atoms. The van der Waals surface area contributed by atoms with Crippen LogP contribution < -0.4 is 0 Å². The summed E-state index contributed by atoms with van der Waals surface area (Å²) in [5, 5.41) is 7.36. The molecule has 0 atom stereocenters. The van der Waals surface area contributed by atoms with E-state index in [0.29, 0.717) is 6.54 Å². The average molecular weight is 159 g/mol. The van der Waals surface area contributed by atoms with E-state index in [1.54, 1.807) is 17.1 Å². The van der Waals surface area contributed by atoms with E-state index in [4.69, 9.17) is 0 Å². The largest absolute Gasteiger partial charge is 0.259 e. The minimum Gasteiger partial charge on any atom is -0.259 e. The molecule has 0 amide bonds. The van der Waals surface area contributed by atoms with E-state index in [9.17, 15) is 0 Å². The first-order valence-corrected chi connectivity index (χ1v) is 3.61. The van der Waals surface area contributed by atoms with Gasteiger partial charge in [0.1, 0.15) is 6.20 Å². The first kappa shape index (κ1) is 6.97. The van der Waals surface area contributed by atoms with E-state index in [2.05, 4.69) is 21.5 Å². The maximum absolute atomic E-state index is 4.15. The molecule has 0 N–H and O–H groups in total. The molecular weight excluding hydrogens is 152 g/mol. The van der Waals surface area contributed by atoms with Gasteiger partial charge in [-0.1, -0.05) is 11.3 Å². The third-order valence-electron chi connectivity index (χ3n) is 1.47. The maximum Gasteiger partial charge on any atom is 0.134 e. The highest BCUT2D eigenvalue weighted by molar-refractivity contribution is 5.03. The topological polar surface area (TPSA) is 43.6 Å². The molecule has 0 aliphatic carbocycles. The predicted molar refractivity (Wildman–Crippen MR) is 42.2 cm³/mol. The van der Waals surface area contributed by atoms with Gasteiger partial charge in [0.15, 0.2) is 0 Å². The van der Waals surface area contributed by atoms with Gasteiger partial charge in [-0.2, -0.15) is 0 Å². The first-order chi connectivity index (χ1) is 5.95. The van der Waals surface area contributed by atoms with Crippen LogP contribution in [0.25, 0.3) is 0 Å². The highest BCUT2D eigenvalue weighted by Gasteiger charge is 1.94. The minimum atomic E-state index is 0.650. The zero-order chi connectivity index (χ0) is 8.23. The molecule has 2 heterocycles. The first-order valence-electron chi connectivity index (χ1n) is 3.61. The molecule has 2 aromatic heterocycles. The zero-order valence-corrected chi connectivity index (χ0v) is 6.38. The summed E-state index contributed by atoms with van der Waals surface area (Å²) in [7, 11) is 0. The normalized spacial score (nSPS) is 10.0. The zero-order valence-electron chi connectivity index (χ0n) is 6.38. The summed E-state index contributed by atoms with van der Waals surface area (Å²) in [6.07, 6.45) is 6.07. The summed E-state index contributed by atoms with van der Waals surface area (Å²) in [5.74, 6) is 0. The molecule has 4 nitrogen and oxygen atoms in total. The van der Waals surface area contributed by atoms with Gasteiger partial charge >= 0.3 is 0 Å². The highest BCUT2D eigenvalue weighted by atomic mass is 15.4. The summed E-state index contributed by atoms with van der Waals surface area (Å²) in [5.41, 5.74) is 0.969. The molecule has 2 rings (SSSR count). The number of hydrogen-bond donors (Lipinski definition) is 0. The Morgan fingerprint density at radius 1 is 1.42 bits per heavy atom. The molecule has 0 fully saturated rings. The van der Waals surface area contributed by atoms with Crippen LogP contribution in [0.15, 0.2) is 30.6 Å². The molecule has 59 valence electrons. The van der Waals surface area contributed by atoms with Gasteiger partial charge < -0.3 is 0 Å². The molecule has 0 saturated heterocycles. The van der Waals surface area contributed by atoms with Crippen molar-refractivity contribution < 1.29 is 0 Å². The minimum absolute atomic E-state index is 0.650. The van der Waals surface area contributed by atoms with Gasteiger partial charge in [0.25, 0.3) is 0 Å². The molecule has 1 radical (unpaired) electrons. The molecule has 0 bridgehead atoms. The van der Waals surface area contributed by atoms with Gasteiger partial charge in [0.05, 0.1) is 18.4 Å². The summed E-state index contributed by atoms with van der Waals surface area (Å²) < 4.78 is 1.68. The Balaban J connectivity index is 2.15. The predicted octanol–water partition coefficient (Wildman–Crippen LogP) is 0.522. The Kier molecular flexibility index (Phi) is 1.82. The Labute approximate surface area is 69.9 Å². The Morgan fingerprint density at radius 2 is 2.42 bits per heavy atom. The van der Waals surface area contributed by atoms with Gasteiger partial charge in [-0.25, -0.2) is 4.68 Å². The van der Waals surface area contributed by atoms with E-state index in [1.165, 1.54) is 0 Å². The maximum atomic E-state index is 4.15. The van der Waals surface area contributed by atoms with Gasteiger partial charge in [-0.05, 0) is 12.1 Å². The molecule has 0 aliphatic rings. The molecule has 0 saturated carbocycles. The van der Waals surface area contributed by atoms with Crippen LogP contribution in [0.2, 0.25) is 0 Å². The van der Waals surface area contributed by atoms with E-state index >= 15 is 0 Å². The van der Waals surface area contributed by atoms with Crippen molar-refractivity contribution in [2.75, 3.05) is 0 Å². The van der Waals surface area contributed by atoms with Crippen molar-refractivity contribution in [3.05, 3.63) is 42.5 Å². The van der Waals surface area contributed by atoms with Crippen LogP contribution in [-0.4, -0.2) is 20.0 Å². The molecule has 0 aromatic carbocycles. The number of nitrogens with zero attached hydrogens (tertiary/aromatic N) is 4. The summed E-state index contributed by atoms with van der Waals surface area (Å²) in [6, 6.07) is 5.78. The van der Waals surface area contributed by atoms with E-state index < -0.39 is 0 Å². The lowest BCUT2D eigenvalue weighted by Crippen LogP contribution is -2.01. The van der Waals surface area contributed by atoms with Gasteiger partial charge in [0, 0.05) is 6.20 Å². The molecule has 0 unspecified atom stereocenters. The molecule has 0 spiro atoms. The van der Waals surface area contributed by atoms with E-state index in [1.807, 2.05) is 18.2 Å². The van der Waals surface area contributed by atoms with Crippen molar-refractivity contribution in [3.63, 3.8) is 0 Å². The Bertz CT molecular complexity index is 327.